The van der Waals surface area contributed by atoms with Crippen molar-refractivity contribution in [3.05, 3.63) is 95.1 Å². The molecular weight excluding hydrogens is 400 g/mol. The zero-order valence-electron chi connectivity index (χ0n) is 18.5. The molecule has 0 radical (unpaired) electrons. The lowest BCUT2D eigenvalue weighted by Crippen LogP contribution is -2.11. The van der Waals surface area contributed by atoms with Gasteiger partial charge in [0.2, 0.25) is 0 Å². The van der Waals surface area contributed by atoms with E-state index in [9.17, 15) is 4.79 Å². The first-order valence-electron chi connectivity index (χ1n) is 11.0. The molecule has 0 heterocycles. The van der Waals surface area contributed by atoms with Crippen LogP contribution in [0.15, 0.2) is 72.8 Å². The van der Waals surface area contributed by atoms with E-state index in [1.807, 2.05) is 48.5 Å². The van der Waals surface area contributed by atoms with Gasteiger partial charge in [0.1, 0.15) is 0 Å². The molecule has 0 N–H and O–H groups in total. The Morgan fingerprint density at radius 2 is 1.56 bits per heavy atom. The van der Waals surface area contributed by atoms with Crippen molar-refractivity contribution < 1.29 is 19.0 Å². The van der Waals surface area contributed by atoms with E-state index in [1.54, 1.807) is 13.2 Å². The number of hydrogen-bond acceptors (Lipinski definition) is 4. The van der Waals surface area contributed by atoms with Crippen LogP contribution in [0.1, 0.15) is 52.7 Å². The van der Waals surface area contributed by atoms with Gasteiger partial charge in [0.05, 0.1) is 25.9 Å². The van der Waals surface area contributed by atoms with Crippen molar-refractivity contribution in [3.8, 4) is 11.5 Å². The highest BCUT2D eigenvalue weighted by Gasteiger charge is 2.19. The highest BCUT2D eigenvalue weighted by Crippen LogP contribution is 2.36. The molecule has 0 aliphatic heterocycles. The van der Waals surface area contributed by atoms with Gasteiger partial charge in [-0.3, -0.25) is 0 Å². The number of carbonyl (C=O) groups is 1. The molecule has 1 fully saturated rings. The predicted octanol–water partition coefficient (Wildman–Crippen LogP) is 6.39. The van der Waals surface area contributed by atoms with Crippen molar-refractivity contribution in [2.24, 2.45) is 0 Å². The topological polar surface area (TPSA) is 44.8 Å². The van der Waals surface area contributed by atoms with E-state index in [-0.39, 0.29) is 12.1 Å². The van der Waals surface area contributed by atoms with Crippen LogP contribution in [0.3, 0.4) is 0 Å². The number of hydrogen-bond donors (Lipinski definition) is 0. The maximum absolute atomic E-state index is 12.0. The third kappa shape index (κ3) is 5.02. The maximum atomic E-state index is 12.0. The molecule has 4 heteroatoms. The Bertz CT molecular complexity index is 1100. The maximum Gasteiger partial charge on any atom is 0.337 e. The van der Waals surface area contributed by atoms with E-state index in [4.69, 9.17) is 14.2 Å². The second-order valence-corrected chi connectivity index (χ2v) is 7.93. The highest BCUT2D eigenvalue weighted by molar-refractivity contribution is 5.94. The monoisotopic (exact) mass is 428 g/mol. The summed E-state index contributed by atoms with van der Waals surface area (Å²) in [5.74, 6) is 1.15. The van der Waals surface area contributed by atoms with Crippen molar-refractivity contribution in [3.63, 3.8) is 0 Å². The zero-order valence-corrected chi connectivity index (χ0v) is 18.5. The Balaban J connectivity index is 1.78. The summed E-state index contributed by atoms with van der Waals surface area (Å²) in [6.45, 7) is 0. The van der Waals surface area contributed by atoms with Gasteiger partial charge in [0.15, 0.2) is 11.5 Å². The van der Waals surface area contributed by atoms with E-state index in [0.29, 0.717) is 5.56 Å². The summed E-state index contributed by atoms with van der Waals surface area (Å²) in [6.07, 6.45) is 6.89. The lowest BCUT2D eigenvalue weighted by molar-refractivity contribution is 0.0600. The van der Waals surface area contributed by atoms with Crippen LogP contribution in [-0.2, 0) is 4.74 Å². The van der Waals surface area contributed by atoms with Crippen LogP contribution < -0.4 is 9.47 Å². The molecule has 1 aliphatic rings. The van der Waals surface area contributed by atoms with Gasteiger partial charge in [0, 0.05) is 0 Å². The first-order chi connectivity index (χ1) is 15.7. The van der Waals surface area contributed by atoms with E-state index >= 15 is 0 Å². The second kappa shape index (κ2) is 10.2. The number of carbonyl (C=O) groups excluding carboxylic acids is 1. The van der Waals surface area contributed by atoms with Gasteiger partial charge in [-0.2, -0.15) is 0 Å². The lowest BCUT2D eigenvalue weighted by atomic mass is 9.95. The van der Waals surface area contributed by atoms with E-state index in [0.717, 1.165) is 46.6 Å². The minimum atomic E-state index is -0.349. The fourth-order valence-electron chi connectivity index (χ4n) is 4.11. The van der Waals surface area contributed by atoms with E-state index in [2.05, 4.69) is 24.3 Å². The van der Waals surface area contributed by atoms with Crippen LogP contribution in [0.2, 0.25) is 0 Å². The molecule has 4 nitrogen and oxygen atoms in total. The molecule has 3 aromatic carbocycles. The first-order valence-corrected chi connectivity index (χ1v) is 11.0. The average molecular weight is 429 g/mol. The van der Waals surface area contributed by atoms with Gasteiger partial charge in [-0.1, -0.05) is 48.5 Å². The summed E-state index contributed by atoms with van der Waals surface area (Å²) in [7, 11) is 3.06. The zero-order chi connectivity index (χ0) is 22.3. The van der Waals surface area contributed by atoms with Crippen molar-refractivity contribution in [2.75, 3.05) is 14.2 Å². The normalized spacial score (nSPS) is 14.2. The van der Waals surface area contributed by atoms with Crippen LogP contribution in [0, 0.1) is 0 Å². The third-order valence-corrected chi connectivity index (χ3v) is 5.77. The molecule has 0 aromatic heterocycles. The fraction of sp³-hybridized carbons (Fsp3) is 0.250. The Morgan fingerprint density at radius 1 is 0.812 bits per heavy atom. The number of rotatable bonds is 7. The summed E-state index contributed by atoms with van der Waals surface area (Å²) in [5, 5.41) is 0. The third-order valence-electron chi connectivity index (χ3n) is 5.77. The largest absolute Gasteiger partial charge is 0.493 e. The van der Waals surface area contributed by atoms with Crippen LogP contribution >= 0.6 is 0 Å². The Morgan fingerprint density at radius 3 is 2.28 bits per heavy atom. The molecule has 0 saturated heterocycles. The van der Waals surface area contributed by atoms with Gasteiger partial charge in [0.25, 0.3) is 0 Å². The highest BCUT2D eigenvalue weighted by atomic mass is 16.5. The second-order valence-electron chi connectivity index (χ2n) is 7.93. The Kier molecular flexibility index (Phi) is 6.90. The molecule has 0 amide bonds. The molecule has 3 aromatic rings. The number of benzene rings is 3. The van der Waals surface area contributed by atoms with Crippen LogP contribution in [0.25, 0.3) is 11.6 Å². The number of ether oxygens (including phenoxy) is 3. The van der Waals surface area contributed by atoms with Crippen LogP contribution in [-0.4, -0.2) is 26.3 Å². The fourth-order valence-corrected chi connectivity index (χ4v) is 4.11. The lowest BCUT2D eigenvalue weighted by Gasteiger charge is -2.18. The summed E-state index contributed by atoms with van der Waals surface area (Å²) in [5.41, 5.74) is 4.57. The Hall–Kier alpha value is -3.53. The summed E-state index contributed by atoms with van der Waals surface area (Å²) in [4.78, 5) is 12.0. The molecular formula is C28H28O4. The van der Waals surface area contributed by atoms with Crippen LogP contribution in [0.5, 0.6) is 11.5 Å². The van der Waals surface area contributed by atoms with Gasteiger partial charge in [-0.15, -0.1) is 0 Å². The number of methoxy groups -OCH3 is 2. The van der Waals surface area contributed by atoms with Gasteiger partial charge in [-0.05, 0) is 78.3 Å². The van der Waals surface area contributed by atoms with Crippen molar-refractivity contribution in [1.82, 2.24) is 0 Å². The molecule has 0 atom stereocenters. The molecule has 1 aliphatic carbocycles. The molecule has 0 unspecified atom stereocenters. The standard InChI is InChI=1S/C28H28O4/c1-30-26-16-15-22(19-27(26)32-24-13-6-7-14-24)25(21-10-4-3-5-11-21)18-20-9-8-12-23(17-20)28(29)31-2/h3-5,8-12,15-19,24H,6-7,13-14H2,1-2H3/b25-18+. The number of esters is 1. The predicted molar refractivity (Wildman–Crippen MR) is 127 cm³/mol. The molecule has 164 valence electrons. The van der Waals surface area contributed by atoms with Gasteiger partial charge < -0.3 is 14.2 Å². The molecule has 1 saturated carbocycles. The first kappa shape index (κ1) is 21.7. The summed E-state index contributed by atoms with van der Waals surface area (Å²) < 4.78 is 16.8. The SMILES string of the molecule is COC(=O)c1cccc(/C=C(\c2ccccc2)c2ccc(OC)c(OC3CCCC3)c2)c1. The summed E-state index contributed by atoms with van der Waals surface area (Å²) in [6, 6.07) is 23.7. The van der Waals surface area contributed by atoms with E-state index in [1.165, 1.54) is 20.0 Å². The van der Waals surface area contributed by atoms with Crippen molar-refractivity contribution in [2.45, 2.75) is 31.8 Å². The smallest absolute Gasteiger partial charge is 0.337 e. The minimum absolute atomic E-state index is 0.236. The summed E-state index contributed by atoms with van der Waals surface area (Å²) >= 11 is 0. The molecule has 0 bridgehead atoms. The minimum Gasteiger partial charge on any atom is -0.493 e. The molecule has 32 heavy (non-hydrogen) atoms. The average Bonchev–Trinajstić information content (AvgIpc) is 3.36. The van der Waals surface area contributed by atoms with E-state index < -0.39 is 0 Å². The quantitative estimate of drug-likeness (QED) is 0.323. The van der Waals surface area contributed by atoms with Gasteiger partial charge >= 0.3 is 5.97 Å². The van der Waals surface area contributed by atoms with Gasteiger partial charge in [-0.25, -0.2) is 4.79 Å². The Labute approximate surface area is 189 Å². The van der Waals surface area contributed by atoms with Crippen molar-refractivity contribution >= 4 is 17.6 Å². The molecule has 4 rings (SSSR count). The van der Waals surface area contributed by atoms with Crippen molar-refractivity contribution in [1.29, 1.82) is 0 Å². The van der Waals surface area contributed by atoms with Crippen LogP contribution in [0.4, 0.5) is 0 Å². The molecule has 0 spiro atoms.